The van der Waals surface area contributed by atoms with E-state index in [9.17, 15) is 0 Å². The highest BCUT2D eigenvalue weighted by Crippen LogP contribution is 2.10. The topological polar surface area (TPSA) is 15.3 Å². The van der Waals surface area contributed by atoms with Crippen molar-refractivity contribution in [2.75, 3.05) is 26.7 Å². The molecule has 0 bridgehead atoms. The van der Waals surface area contributed by atoms with Crippen molar-refractivity contribution in [3.63, 3.8) is 0 Å². The van der Waals surface area contributed by atoms with Gasteiger partial charge in [-0.25, -0.2) is 0 Å². The van der Waals surface area contributed by atoms with Crippen LogP contribution in [0.15, 0.2) is 36.4 Å². The summed E-state index contributed by atoms with van der Waals surface area (Å²) in [5.41, 5.74) is 1.28. The molecule has 2 nitrogen and oxygen atoms in total. The van der Waals surface area contributed by atoms with Gasteiger partial charge in [0.1, 0.15) is 0 Å². The molecule has 0 saturated carbocycles. The average Bonchev–Trinajstić information content (AvgIpc) is 2.41. The van der Waals surface area contributed by atoms with E-state index >= 15 is 0 Å². The van der Waals surface area contributed by atoms with Gasteiger partial charge in [-0.15, -0.1) is 12.4 Å². The summed E-state index contributed by atoms with van der Waals surface area (Å²) in [6, 6.07) is 11.2. The molecule has 1 fully saturated rings. The van der Waals surface area contributed by atoms with E-state index in [-0.39, 0.29) is 12.4 Å². The minimum Gasteiger partial charge on any atom is -0.317 e. The third-order valence-corrected chi connectivity index (χ3v) is 3.44. The van der Waals surface area contributed by atoms with Crippen molar-refractivity contribution in [3.8, 4) is 0 Å². The second-order valence-electron chi connectivity index (χ2n) is 4.73. The Kier molecular flexibility index (Phi) is 7.02. The fourth-order valence-corrected chi connectivity index (χ4v) is 2.32. The number of hydrogen-bond acceptors (Lipinski definition) is 2. The fourth-order valence-electron chi connectivity index (χ4n) is 2.32. The number of nitrogens with one attached hydrogen (secondary N) is 1. The van der Waals surface area contributed by atoms with Crippen molar-refractivity contribution in [3.05, 3.63) is 42.0 Å². The molecule has 0 atom stereocenters. The van der Waals surface area contributed by atoms with Gasteiger partial charge in [0.15, 0.2) is 0 Å². The summed E-state index contributed by atoms with van der Waals surface area (Å²) in [5.74, 6) is 0. The summed E-state index contributed by atoms with van der Waals surface area (Å²) in [5, 5.41) is 3.41. The fraction of sp³-hybridized carbons (Fsp3) is 0.467. The molecule has 1 aliphatic rings. The van der Waals surface area contributed by atoms with Crippen molar-refractivity contribution < 1.29 is 0 Å². The van der Waals surface area contributed by atoms with Crippen LogP contribution in [0.25, 0.3) is 6.08 Å². The minimum absolute atomic E-state index is 0. The number of halogens is 1. The van der Waals surface area contributed by atoms with E-state index in [1.54, 1.807) is 0 Å². The Morgan fingerprint density at radius 1 is 1.22 bits per heavy atom. The lowest BCUT2D eigenvalue weighted by molar-refractivity contribution is 0.217. The molecule has 0 aromatic heterocycles. The lowest BCUT2D eigenvalue weighted by Gasteiger charge is -2.30. The first-order valence-corrected chi connectivity index (χ1v) is 6.49. The molecule has 0 unspecified atom stereocenters. The second-order valence-corrected chi connectivity index (χ2v) is 4.73. The molecular formula is C15H23ClN2. The number of benzene rings is 1. The predicted molar refractivity (Wildman–Crippen MR) is 81.2 cm³/mol. The zero-order chi connectivity index (χ0) is 11.9. The molecule has 1 N–H and O–H groups in total. The number of nitrogens with zero attached hydrogens (tertiary/aromatic N) is 1. The van der Waals surface area contributed by atoms with Crippen molar-refractivity contribution in [1.82, 2.24) is 10.2 Å². The second kappa shape index (κ2) is 8.30. The summed E-state index contributed by atoms with van der Waals surface area (Å²) in [6.45, 7) is 3.37. The Morgan fingerprint density at radius 2 is 1.89 bits per heavy atom. The molecule has 2 rings (SSSR count). The lowest BCUT2D eigenvalue weighted by Crippen LogP contribution is -2.41. The van der Waals surface area contributed by atoms with Crippen LogP contribution in [0.2, 0.25) is 0 Å². The molecule has 0 aliphatic carbocycles. The van der Waals surface area contributed by atoms with Gasteiger partial charge in [0.25, 0.3) is 0 Å². The quantitative estimate of drug-likeness (QED) is 0.902. The van der Waals surface area contributed by atoms with E-state index < -0.39 is 0 Å². The molecule has 3 heteroatoms. The average molecular weight is 267 g/mol. The Balaban J connectivity index is 0.00000162. The van der Waals surface area contributed by atoms with Crippen molar-refractivity contribution >= 4 is 18.5 Å². The Labute approximate surface area is 116 Å². The molecule has 0 amide bonds. The molecule has 0 radical (unpaired) electrons. The van der Waals surface area contributed by atoms with Crippen LogP contribution in [0.4, 0.5) is 0 Å². The normalized spacial score (nSPS) is 17.0. The van der Waals surface area contributed by atoms with Crippen LogP contribution in [0.3, 0.4) is 0 Å². The van der Waals surface area contributed by atoms with Crippen LogP contribution >= 0.6 is 12.4 Å². The number of likely N-dealkylation sites (N-methyl/N-ethyl adjacent to an activating group) is 1. The molecule has 1 aromatic rings. The van der Waals surface area contributed by atoms with E-state index in [1.165, 1.54) is 18.4 Å². The molecule has 1 saturated heterocycles. The molecule has 100 valence electrons. The highest BCUT2D eigenvalue weighted by atomic mass is 35.5. The van der Waals surface area contributed by atoms with E-state index in [0.29, 0.717) is 0 Å². The van der Waals surface area contributed by atoms with Crippen LogP contribution in [0.5, 0.6) is 0 Å². The van der Waals surface area contributed by atoms with Crippen LogP contribution in [-0.4, -0.2) is 37.6 Å². The third-order valence-electron chi connectivity index (χ3n) is 3.44. The number of rotatable bonds is 4. The van der Waals surface area contributed by atoms with Crippen LogP contribution in [0.1, 0.15) is 18.4 Å². The highest BCUT2D eigenvalue weighted by molar-refractivity contribution is 5.85. The largest absolute Gasteiger partial charge is 0.317 e. The van der Waals surface area contributed by atoms with Gasteiger partial charge in [-0.05, 0) is 38.5 Å². The monoisotopic (exact) mass is 266 g/mol. The van der Waals surface area contributed by atoms with Gasteiger partial charge in [-0.2, -0.15) is 0 Å². The Morgan fingerprint density at radius 3 is 2.56 bits per heavy atom. The van der Waals surface area contributed by atoms with E-state index in [2.05, 4.69) is 59.7 Å². The van der Waals surface area contributed by atoms with Gasteiger partial charge < -0.3 is 5.32 Å². The lowest BCUT2D eigenvalue weighted by atomic mass is 10.1. The van der Waals surface area contributed by atoms with Crippen LogP contribution in [-0.2, 0) is 0 Å². The number of hydrogen-bond donors (Lipinski definition) is 1. The molecule has 1 aromatic carbocycles. The number of piperidine rings is 1. The van der Waals surface area contributed by atoms with Gasteiger partial charge in [-0.1, -0.05) is 42.5 Å². The Bertz CT molecular complexity index is 345. The van der Waals surface area contributed by atoms with Crippen molar-refractivity contribution in [2.24, 2.45) is 0 Å². The van der Waals surface area contributed by atoms with Gasteiger partial charge in [0.2, 0.25) is 0 Å². The molecule has 1 aliphatic heterocycles. The minimum atomic E-state index is 0. The van der Waals surface area contributed by atoms with Gasteiger partial charge in [0.05, 0.1) is 0 Å². The van der Waals surface area contributed by atoms with E-state index in [1.807, 2.05) is 0 Å². The molecule has 0 spiro atoms. The first kappa shape index (κ1) is 15.2. The summed E-state index contributed by atoms with van der Waals surface area (Å²) < 4.78 is 0. The maximum absolute atomic E-state index is 3.41. The summed E-state index contributed by atoms with van der Waals surface area (Å²) in [6.07, 6.45) is 7.01. The summed E-state index contributed by atoms with van der Waals surface area (Å²) in [7, 11) is 2.23. The smallest absolute Gasteiger partial charge is 0.0166 e. The third kappa shape index (κ3) is 4.81. The van der Waals surface area contributed by atoms with Gasteiger partial charge in [0, 0.05) is 12.6 Å². The maximum Gasteiger partial charge on any atom is 0.0166 e. The molecular weight excluding hydrogens is 244 g/mol. The SMILES string of the molecule is CN(C/C=C/c1ccccc1)C1CCNCC1.Cl. The summed E-state index contributed by atoms with van der Waals surface area (Å²) in [4.78, 5) is 2.46. The summed E-state index contributed by atoms with van der Waals surface area (Å²) >= 11 is 0. The van der Waals surface area contributed by atoms with E-state index in [4.69, 9.17) is 0 Å². The van der Waals surface area contributed by atoms with Gasteiger partial charge in [-0.3, -0.25) is 4.90 Å². The van der Waals surface area contributed by atoms with Crippen LogP contribution < -0.4 is 5.32 Å². The van der Waals surface area contributed by atoms with E-state index in [0.717, 1.165) is 25.7 Å². The molecule has 1 heterocycles. The standard InChI is InChI=1S/C15H22N2.ClH/c1-17(15-9-11-16-12-10-15)13-5-8-14-6-3-2-4-7-14;/h2-8,15-16H,9-13H2,1H3;1H/b8-5+;. The first-order chi connectivity index (χ1) is 8.36. The zero-order valence-corrected chi connectivity index (χ0v) is 11.8. The van der Waals surface area contributed by atoms with Crippen LogP contribution in [0, 0.1) is 0 Å². The predicted octanol–water partition coefficient (Wildman–Crippen LogP) is 2.81. The highest BCUT2D eigenvalue weighted by Gasteiger charge is 2.15. The molecule has 18 heavy (non-hydrogen) atoms. The zero-order valence-electron chi connectivity index (χ0n) is 11.0. The first-order valence-electron chi connectivity index (χ1n) is 6.49. The van der Waals surface area contributed by atoms with Gasteiger partial charge >= 0.3 is 0 Å². The Hall–Kier alpha value is -0.830. The van der Waals surface area contributed by atoms with Crippen molar-refractivity contribution in [2.45, 2.75) is 18.9 Å². The van der Waals surface area contributed by atoms with Crippen molar-refractivity contribution in [1.29, 1.82) is 0 Å². The maximum atomic E-state index is 3.41.